The summed E-state index contributed by atoms with van der Waals surface area (Å²) >= 11 is 0. The number of benzene rings is 6. The lowest BCUT2D eigenvalue weighted by atomic mass is 10.1. The Bertz CT molecular complexity index is 2320. The van der Waals surface area contributed by atoms with E-state index in [4.69, 9.17) is 4.98 Å². The summed E-state index contributed by atoms with van der Waals surface area (Å²) in [5.41, 5.74) is 10.2. The second-order valence-corrected chi connectivity index (χ2v) is 22.5. The van der Waals surface area contributed by atoms with Crippen LogP contribution >= 0.6 is 14.5 Å². The molecule has 0 saturated carbocycles. The second kappa shape index (κ2) is 16.3. The molecular weight excluding hydrogens is 721 g/mol. The fraction of sp³-hybridized carbons (Fsp3) is 0.196. The van der Waals surface area contributed by atoms with Crippen LogP contribution in [-0.2, 0) is 18.9 Å². The van der Waals surface area contributed by atoms with Crippen LogP contribution in [0.25, 0.3) is 0 Å². The Morgan fingerprint density at radius 2 is 0.696 bits per heavy atom. The highest BCUT2D eigenvalue weighted by atomic mass is 31.2. The SMILES string of the molecule is Cc1cccc([P+](Cc2nc(C)c(O)c(CO)c2C[P+](c2cccc(C)c2)(c2cccc(C)c2)c2cccc(C)c2)(c2cccc(C)c2)c2cccc(C)c2)c1. The Labute approximate surface area is 334 Å². The third kappa shape index (κ3) is 7.49. The summed E-state index contributed by atoms with van der Waals surface area (Å²) in [5, 5.41) is 30.9. The van der Waals surface area contributed by atoms with Crippen molar-refractivity contribution in [1.82, 2.24) is 4.98 Å². The summed E-state index contributed by atoms with van der Waals surface area (Å²) in [5.74, 6) is 0.0766. The van der Waals surface area contributed by atoms with Gasteiger partial charge in [0.25, 0.3) is 0 Å². The van der Waals surface area contributed by atoms with Gasteiger partial charge in [0.05, 0.1) is 18.0 Å². The number of hydrogen-bond acceptors (Lipinski definition) is 3. The van der Waals surface area contributed by atoms with E-state index in [0.29, 0.717) is 23.6 Å². The maximum atomic E-state index is 11.9. The average molecular weight is 774 g/mol. The first-order chi connectivity index (χ1) is 26.9. The zero-order chi connectivity index (χ0) is 39.6. The van der Waals surface area contributed by atoms with Crippen LogP contribution in [0.2, 0.25) is 0 Å². The molecule has 5 heteroatoms. The second-order valence-electron chi connectivity index (χ2n) is 15.6. The third-order valence-corrected chi connectivity index (χ3v) is 19.8. The molecule has 0 saturated heterocycles. The zero-order valence-corrected chi connectivity index (χ0v) is 35.5. The number of aliphatic hydroxyl groups excluding tert-OH is 1. The van der Waals surface area contributed by atoms with Gasteiger partial charge in [-0.2, -0.15) is 0 Å². The van der Waals surface area contributed by atoms with Gasteiger partial charge in [0.2, 0.25) is 0 Å². The van der Waals surface area contributed by atoms with Crippen molar-refractivity contribution in [2.45, 2.75) is 67.4 Å². The molecule has 56 heavy (non-hydrogen) atoms. The molecule has 1 heterocycles. The fourth-order valence-electron chi connectivity index (χ4n) is 8.44. The summed E-state index contributed by atoms with van der Waals surface area (Å²) in [7, 11) is -4.98. The van der Waals surface area contributed by atoms with Gasteiger partial charge in [-0.1, -0.05) is 72.8 Å². The summed E-state index contributed by atoms with van der Waals surface area (Å²) in [6, 6.07) is 54.0. The molecule has 7 rings (SSSR count). The molecule has 0 amide bonds. The Hall–Kier alpha value is -4.91. The van der Waals surface area contributed by atoms with Crippen molar-refractivity contribution in [3.8, 4) is 5.75 Å². The third-order valence-electron chi connectivity index (χ3n) is 11.2. The molecule has 0 bridgehead atoms. The molecule has 3 nitrogen and oxygen atoms in total. The van der Waals surface area contributed by atoms with E-state index in [-0.39, 0.29) is 12.4 Å². The van der Waals surface area contributed by atoms with Crippen molar-refractivity contribution >= 4 is 46.4 Å². The smallest absolute Gasteiger partial charge is 0.142 e. The maximum Gasteiger partial charge on any atom is 0.142 e. The van der Waals surface area contributed by atoms with Crippen molar-refractivity contribution in [2.75, 3.05) is 0 Å². The van der Waals surface area contributed by atoms with Gasteiger partial charge in [-0.15, -0.1) is 0 Å². The molecule has 1 aromatic heterocycles. The molecule has 0 aliphatic carbocycles. The number of pyridine rings is 1. The molecule has 6 aromatic carbocycles. The molecule has 282 valence electrons. The van der Waals surface area contributed by atoms with Gasteiger partial charge in [0.1, 0.15) is 64.4 Å². The topological polar surface area (TPSA) is 53.4 Å². The zero-order valence-electron chi connectivity index (χ0n) is 33.7. The van der Waals surface area contributed by atoms with Crippen LogP contribution in [0.3, 0.4) is 0 Å². The van der Waals surface area contributed by atoms with Crippen LogP contribution in [-0.4, -0.2) is 15.2 Å². The van der Waals surface area contributed by atoms with Crippen molar-refractivity contribution in [1.29, 1.82) is 0 Å². The quantitative estimate of drug-likeness (QED) is 0.129. The Morgan fingerprint density at radius 3 is 0.964 bits per heavy atom. The van der Waals surface area contributed by atoms with E-state index in [9.17, 15) is 10.2 Å². The number of hydrogen-bond donors (Lipinski definition) is 2. The lowest BCUT2D eigenvalue weighted by Crippen LogP contribution is -2.35. The number of aliphatic hydroxyl groups is 1. The average Bonchev–Trinajstić information content (AvgIpc) is 3.17. The van der Waals surface area contributed by atoms with E-state index < -0.39 is 14.5 Å². The highest BCUT2D eigenvalue weighted by Gasteiger charge is 2.51. The minimum Gasteiger partial charge on any atom is -0.506 e. The highest BCUT2D eigenvalue weighted by Crippen LogP contribution is 2.62. The van der Waals surface area contributed by atoms with Crippen LogP contribution in [0, 0.1) is 48.5 Å². The molecule has 0 radical (unpaired) electrons. The first kappa shape index (κ1) is 39.3. The van der Waals surface area contributed by atoms with Crippen LogP contribution in [0.5, 0.6) is 5.75 Å². The van der Waals surface area contributed by atoms with Crippen molar-refractivity contribution in [3.63, 3.8) is 0 Å². The van der Waals surface area contributed by atoms with Crippen molar-refractivity contribution < 1.29 is 10.2 Å². The van der Waals surface area contributed by atoms with E-state index in [1.54, 1.807) is 0 Å². The van der Waals surface area contributed by atoms with E-state index in [2.05, 4.69) is 187 Å². The van der Waals surface area contributed by atoms with Gasteiger partial charge in [-0.05, 0) is 155 Å². The van der Waals surface area contributed by atoms with E-state index in [1.807, 2.05) is 6.92 Å². The lowest BCUT2D eigenvalue weighted by Gasteiger charge is -2.32. The molecule has 0 spiro atoms. The summed E-state index contributed by atoms with van der Waals surface area (Å²) in [6.45, 7) is 14.6. The van der Waals surface area contributed by atoms with Gasteiger partial charge in [-0.25, -0.2) is 4.98 Å². The van der Waals surface area contributed by atoms with Crippen LogP contribution in [0.15, 0.2) is 146 Å². The van der Waals surface area contributed by atoms with E-state index in [0.717, 1.165) is 11.3 Å². The Kier molecular flexibility index (Phi) is 11.4. The van der Waals surface area contributed by atoms with Crippen molar-refractivity contribution in [3.05, 3.63) is 201 Å². The lowest BCUT2D eigenvalue weighted by molar-refractivity contribution is 0.273. The molecule has 0 atom stereocenters. The van der Waals surface area contributed by atoms with Crippen LogP contribution in [0.1, 0.15) is 55.9 Å². The molecule has 7 aromatic rings. The minimum atomic E-state index is -2.51. The molecule has 0 aliphatic rings. The Balaban J connectivity index is 1.61. The van der Waals surface area contributed by atoms with E-state index in [1.165, 1.54) is 65.2 Å². The van der Waals surface area contributed by atoms with Gasteiger partial charge in [0, 0.05) is 11.1 Å². The van der Waals surface area contributed by atoms with Crippen LogP contribution < -0.4 is 31.8 Å². The van der Waals surface area contributed by atoms with Crippen molar-refractivity contribution in [2.24, 2.45) is 0 Å². The maximum absolute atomic E-state index is 11.9. The van der Waals surface area contributed by atoms with Gasteiger partial charge in [-0.3, -0.25) is 0 Å². The van der Waals surface area contributed by atoms with Gasteiger partial charge < -0.3 is 10.2 Å². The molecule has 0 aliphatic heterocycles. The van der Waals surface area contributed by atoms with E-state index >= 15 is 0 Å². The standard InChI is InChI=1S/C51H52NO2P2/c1-35-14-8-20-42(26-35)55(43-21-9-15-36(2)27-43,44-22-10-16-37(3)28-44)33-49-48(32-53)51(54)41(7)52-50(49)34-56(45-23-11-17-38(4)29-45,46-24-12-18-39(5)30-46)47-25-13-19-40(6)31-47/h8-31,53H,32-34H2,1-7H3/q+1/p+1. The normalized spacial score (nSPS) is 11.9. The molecule has 0 unspecified atom stereocenters. The van der Waals surface area contributed by atoms with Crippen LogP contribution in [0.4, 0.5) is 0 Å². The Morgan fingerprint density at radius 1 is 0.411 bits per heavy atom. The minimum absolute atomic E-state index is 0.0766. The van der Waals surface area contributed by atoms with Gasteiger partial charge in [0.15, 0.2) is 0 Å². The summed E-state index contributed by atoms with van der Waals surface area (Å²) in [4.78, 5) is 5.41. The van der Waals surface area contributed by atoms with Gasteiger partial charge >= 0.3 is 0 Å². The number of aromatic nitrogens is 1. The predicted octanol–water partition coefficient (Wildman–Crippen LogP) is 9.43. The number of nitrogens with zero attached hydrogens (tertiary/aromatic N) is 1. The number of aryl methyl sites for hydroxylation is 7. The summed E-state index contributed by atoms with van der Waals surface area (Å²) < 4.78 is 0. The number of aromatic hydroxyl groups is 1. The predicted molar refractivity (Wildman–Crippen MR) is 243 cm³/mol. The fourth-order valence-corrected chi connectivity index (χ4v) is 17.5. The largest absolute Gasteiger partial charge is 0.506 e. The molecule has 0 fully saturated rings. The molecular formula is C51H53NO2P2+2. The monoisotopic (exact) mass is 773 g/mol. The number of rotatable bonds is 11. The first-order valence-electron chi connectivity index (χ1n) is 19.5. The molecule has 2 N–H and O–H groups in total. The first-order valence-corrected chi connectivity index (χ1v) is 23.4. The summed E-state index contributed by atoms with van der Waals surface area (Å²) in [6.07, 6.45) is 1.22. The highest BCUT2D eigenvalue weighted by molar-refractivity contribution is 7.95.